The van der Waals surface area contributed by atoms with E-state index in [1.165, 1.54) is 10.5 Å². The molecule has 21 heavy (non-hydrogen) atoms. The van der Waals surface area contributed by atoms with Gasteiger partial charge in [-0.25, -0.2) is 0 Å². The molecule has 1 amide bonds. The molecule has 116 valence electrons. The highest BCUT2D eigenvalue weighted by Gasteiger charge is 2.33. The summed E-state index contributed by atoms with van der Waals surface area (Å²) in [6, 6.07) is 8.17. The van der Waals surface area contributed by atoms with Crippen LogP contribution in [0.25, 0.3) is 0 Å². The Balaban J connectivity index is 1.84. The van der Waals surface area contributed by atoms with Gasteiger partial charge in [0, 0.05) is 24.6 Å². The summed E-state index contributed by atoms with van der Waals surface area (Å²) in [4.78, 5) is 15.4. The highest BCUT2D eigenvalue weighted by Crippen LogP contribution is 2.34. The van der Waals surface area contributed by atoms with Gasteiger partial charge in [0.2, 0.25) is 5.91 Å². The van der Waals surface area contributed by atoms with Gasteiger partial charge in [-0.3, -0.25) is 4.79 Å². The molecule has 1 aromatic rings. The standard InChI is InChI=1S/C17H25NO2S/c1-3-17(13-19)8-10-18(11-9-17)16(20)12-21-15-7-5-4-6-14(15)2/h4-7,19H,3,8-13H2,1-2H3. The van der Waals surface area contributed by atoms with E-state index in [1.54, 1.807) is 11.8 Å². The van der Waals surface area contributed by atoms with Gasteiger partial charge in [0.15, 0.2) is 0 Å². The monoisotopic (exact) mass is 307 g/mol. The van der Waals surface area contributed by atoms with E-state index in [2.05, 4.69) is 26.0 Å². The van der Waals surface area contributed by atoms with E-state index in [9.17, 15) is 9.90 Å². The highest BCUT2D eigenvalue weighted by molar-refractivity contribution is 8.00. The van der Waals surface area contributed by atoms with Crippen molar-refractivity contribution in [2.75, 3.05) is 25.4 Å². The second kappa shape index (κ2) is 7.32. The Hall–Kier alpha value is -1.00. The fourth-order valence-corrected chi connectivity index (χ4v) is 3.74. The average Bonchev–Trinajstić information content (AvgIpc) is 2.54. The molecular weight excluding hydrogens is 282 g/mol. The van der Waals surface area contributed by atoms with Crippen LogP contribution < -0.4 is 0 Å². The molecule has 0 saturated carbocycles. The van der Waals surface area contributed by atoms with Crippen LogP contribution in [0.5, 0.6) is 0 Å². The first-order valence-corrected chi connectivity index (χ1v) is 8.66. The SMILES string of the molecule is CCC1(CO)CCN(C(=O)CSc2ccccc2C)CC1. The number of piperidine rings is 1. The Labute approximate surface area is 131 Å². The van der Waals surface area contributed by atoms with Crippen LogP contribution in [-0.4, -0.2) is 41.4 Å². The number of thioether (sulfide) groups is 1. The van der Waals surface area contributed by atoms with E-state index >= 15 is 0 Å². The van der Waals surface area contributed by atoms with E-state index < -0.39 is 0 Å². The van der Waals surface area contributed by atoms with E-state index in [0.717, 1.165) is 32.4 Å². The van der Waals surface area contributed by atoms with Gasteiger partial charge in [-0.05, 0) is 43.2 Å². The number of benzene rings is 1. The zero-order valence-corrected chi connectivity index (χ0v) is 13.8. The molecule has 0 atom stereocenters. The van der Waals surface area contributed by atoms with Gasteiger partial charge in [0.1, 0.15) is 0 Å². The van der Waals surface area contributed by atoms with Crippen molar-refractivity contribution in [1.82, 2.24) is 4.90 Å². The number of hydrogen-bond acceptors (Lipinski definition) is 3. The van der Waals surface area contributed by atoms with Crippen LogP contribution in [0.3, 0.4) is 0 Å². The number of hydrogen-bond donors (Lipinski definition) is 1. The summed E-state index contributed by atoms with van der Waals surface area (Å²) in [5, 5.41) is 9.54. The van der Waals surface area contributed by atoms with Crippen LogP contribution in [-0.2, 0) is 4.79 Å². The first kappa shape index (κ1) is 16.4. The Kier molecular flexibility index (Phi) is 5.71. The zero-order valence-electron chi connectivity index (χ0n) is 13.0. The molecule has 0 spiro atoms. The predicted octanol–water partition coefficient (Wildman–Crippen LogP) is 3.10. The number of aryl methyl sites for hydroxylation is 1. The maximum Gasteiger partial charge on any atom is 0.232 e. The van der Waals surface area contributed by atoms with Gasteiger partial charge >= 0.3 is 0 Å². The van der Waals surface area contributed by atoms with Crippen LogP contribution in [0.2, 0.25) is 0 Å². The van der Waals surface area contributed by atoms with Crippen molar-refractivity contribution < 1.29 is 9.90 Å². The average molecular weight is 307 g/mol. The Morgan fingerprint density at radius 3 is 2.57 bits per heavy atom. The molecule has 1 aliphatic heterocycles. The molecule has 2 rings (SSSR count). The van der Waals surface area contributed by atoms with E-state index in [-0.39, 0.29) is 17.9 Å². The summed E-state index contributed by atoms with van der Waals surface area (Å²) in [7, 11) is 0. The highest BCUT2D eigenvalue weighted by atomic mass is 32.2. The number of aliphatic hydroxyl groups excluding tert-OH is 1. The molecule has 1 heterocycles. The van der Waals surface area contributed by atoms with Gasteiger partial charge in [0.25, 0.3) is 0 Å². The lowest BCUT2D eigenvalue weighted by atomic mass is 9.77. The minimum atomic E-state index is 0.0416. The van der Waals surface area contributed by atoms with Gasteiger partial charge < -0.3 is 10.0 Å². The van der Waals surface area contributed by atoms with E-state index in [0.29, 0.717) is 5.75 Å². The van der Waals surface area contributed by atoms with E-state index in [4.69, 9.17) is 0 Å². The van der Waals surface area contributed by atoms with Crippen molar-refractivity contribution in [3.8, 4) is 0 Å². The smallest absolute Gasteiger partial charge is 0.232 e. The van der Waals surface area contributed by atoms with Crippen molar-refractivity contribution >= 4 is 17.7 Å². The van der Waals surface area contributed by atoms with Crippen LogP contribution in [0, 0.1) is 12.3 Å². The number of amides is 1. The number of aliphatic hydroxyl groups is 1. The molecule has 3 nitrogen and oxygen atoms in total. The molecule has 1 fully saturated rings. The predicted molar refractivity (Wildman–Crippen MR) is 87.5 cm³/mol. The second-order valence-electron chi connectivity index (χ2n) is 5.95. The largest absolute Gasteiger partial charge is 0.396 e. The minimum Gasteiger partial charge on any atom is -0.396 e. The summed E-state index contributed by atoms with van der Waals surface area (Å²) in [6.07, 6.45) is 2.82. The molecule has 1 saturated heterocycles. The van der Waals surface area contributed by atoms with Gasteiger partial charge in [-0.2, -0.15) is 0 Å². The topological polar surface area (TPSA) is 40.5 Å². The van der Waals surface area contributed by atoms with Crippen molar-refractivity contribution in [3.05, 3.63) is 29.8 Å². The molecule has 0 unspecified atom stereocenters. The normalized spacial score (nSPS) is 17.8. The molecule has 0 aliphatic carbocycles. The van der Waals surface area contributed by atoms with Crippen molar-refractivity contribution in [3.63, 3.8) is 0 Å². The summed E-state index contributed by atoms with van der Waals surface area (Å²) in [6.45, 7) is 6.00. The molecule has 0 aromatic heterocycles. The maximum atomic E-state index is 12.3. The number of carbonyl (C=O) groups excluding carboxylic acids is 1. The summed E-state index contributed by atoms with van der Waals surface area (Å²) >= 11 is 1.62. The second-order valence-corrected chi connectivity index (χ2v) is 6.96. The molecule has 1 N–H and O–H groups in total. The Morgan fingerprint density at radius 1 is 1.33 bits per heavy atom. The lowest BCUT2D eigenvalue weighted by molar-refractivity contribution is -0.131. The van der Waals surface area contributed by atoms with Crippen molar-refractivity contribution in [2.24, 2.45) is 5.41 Å². The fraction of sp³-hybridized carbons (Fsp3) is 0.588. The van der Waals surface area contributed by atoms with Crippen LogP contribution in [0.15, 0.2) is 29.2 Å². The lowest BCUT2D eigenvalue weighted by Gasteiger charge is -2.40. The quantitative estimate of drug-likeness (QED) is 0.850. The molecule has 0 radical (unpaired) electrons. The van der Waals surface area contributed by atoms with Gasteiger partial charge in [-0.15, -0.1) is 11.8 Å². The summed E-state index contributed by atoms with van der Waals surface area (Å²) < 4.78 is 0. The molecule has 4 heteroatoms. The summed E-state index contributed by atoms with van der Waals surface area (Å²) in [5.74, 6) is 0.717. The Morgan fingerprint density at radius 2 is 2.00 bits per heavy atom. The van der Waals surface area contributed by atoms with Crippen molar-refractivity contribution in [1.29, 1.82) is 0 Å². The summed E-state index contributed by atoms with van der Waals surface area (Å²) in [5.41, 5.74) is 1.26. The zero-order chi connectivity index (χ0) is 15.3. The Bertz CT molecular complexity index is 475. The van der Waals surface area contributed by atoms with Crippen LogP contribution in [0.1, 0.15) is 31.7 Å². The third-order valence-electron chi connectivity index (χ3n) is 4.71. The first-order valence-electron chi connectivity index (χ1n) is 7.67. The molecule has 0 bridgehead atoms. The first-order chi connectivity index (χ1) is 10.1. The van der Waals surface area contributed by atoms with Gasteiger partial charge in [0.05, 0.1) is 5.75 Å². The van der Waals surface area contributed by atoms with Crippen molar-refractivity contribution in [2.45, 2.75) is 38.0 Å². The number of nitrogens with zero attached hydrogens (tertiary/aromatic N) is 1. The number of rotatable bonds is 5. The third kappa shape index (κ3) is 4.01. The number of likely N-dealkylation sites (tertiary alicyclic amines) is 1. The lowest BCUT2D eigenvalue weighted by Crippen LogP contribution is -2.45. The van der Waals surface area contributed by atoms with Gasteiger partial charge in [-0.1, -0.05) is 25.1 Å². The third-order valence-corrected chi connectivity index (χ3v) is 5.87. The van der Waals surface area contributed by atoms with Crippen LogP contribution >= 0.6 is 11.8 Å². The maximum absolute atomic E-state index is 12.3. The molecule has 1 aliphatic rings. The number of carbonyl (C=O) groups is 1. The minimum absolute atomic E-state index is 0.0416. The molecular formula is C17H25NO2S. The molecule has 1 aromatic carbocycles. The van der Waals surface area contributed by atoms with E-state index in [1.807, 2.05) is 17.0 Å². The fourth-order valence-electron chi connectivity index (χ4n) is 2.80. The van der Waals surface area contributed by atoms with Crippen LogP contribution in [0.4, 0.5) is 0 Å².